The minimum atomic E-state index is -0.201. The van der Waals surface area contributed by atoms with E-state index >= 15 is 0 Å². The first-order valence-corrected chi connectivity index (χ1v) is 6.09. The minimum Gasteiger partial charge on any atom is -0.369 e. The van der Waals surface area contributed by atoms with Gasteiger partial charge in [-0.15, -0.1) is 0 Å². The number of nitrogens with two attached hydrogens (primary N) is 1. The van der Waals surface area contributed by atoms with Crippen LogP contribution in [0.3, 0.4) is 0 Å². The summed E-state index contributed by atoms with van der Waals surface area (Å²) in [7, 11) is 0. The molecule has 1 aliphatic heterocycles. The fourth-order valence-electron chi connectivity index (χ4n) is 1.98. The van der Waals surface area contributed by atoms with Crippen molar-refractivity contribution in [3.63, 3.8) is 0 Å². The van der Waals surface area contributed by atoms with Crippen LogP contribution in [0.15, 0.2) is 0 Å². The molecule has 2 N–H and O–H groups in total. The third-order valence-electron chi connectivity index (χ3n) is 3.53. The Labute approximate surface area is 97.2 Å². The fraction of sp³-hybridized carbons (Fsp3) is 0.833. The molecule has 1 aliphatic rings. The zero-order valence-corrected chi connectivity index (χ0v) is 10.2. The number of amides is 1. The highest BCUT2D eigenvalue weighted by Crippen LogP contribution is 2.17. The van der Waals surface area contributed by atoms with Crippen molar-refractivity contribution >= 4 is 11.7 Å². The summed E-state index contributed by atoms with van der Waals surface area (Å²) < 4.78 is 0. The molecule has 0 aromatic heterocycles. The Morgan fingerprint density at radius 1 is 1.38 bits per heavy atom. The third kappa shape index (κ3) is 3.59. The molecule has 1 rings (SSSR count). The van der Waals surface area contributed by atoms with Gasteiger partial charge in [0.15, 0.2) is 0 Å². The summed E-state index contributed by atoms with van der Waals surface area (Å²) in [5, 5.41) is 0. The molecule has 4 nitrogen and oxygen atoms in total. The first-order chi connectivity index (χ1) is 7.54. The molecular weight excluding hydrogens is 204 g/mol. The van der Waals surface area contributed by atoms with Crippen LogP contribution in [0, 0.1) is 11.8 Å². The van der Waals surface area contributed by atoms with Crippen molar-refractivity contribution in [3.05, 3.63) is 0 Å². The number of likely N-dealkylation sites (tertiary alicyclic amines) is 1. The molecule has 0 saturated carbocycles. The predicted octanol–water partition coefficient (Wildman–Crippen LogP) is 0.799. The van der Waals surface area contributed by atoms with Gasteiger partial charge in [-0.05, 0) is 32.4 Å². The molecule has 0 aromatic rings. The summed E-state index contributed by atoms with van der Waals surface area (Å²) in [6.45, 7) is 6.16. The number of piperidine rings is 1. The summed E-state index contributed by atoms with van der Waals surface area (Å²) in [5.41, 5.74) is 5.26. The van der Waals surface area contributed by atoms with E-state index in [9.17, 15) is 9.59 Å². The number of carbonyl (C=O) groups is 2. The van der Waals surface area contributed by atoms with Crippen molar-refractivity contribution in [2.75, 3.05) is 19.6 Å². The molecule has 1 atom stereocenters. The number of hydrogen-bond donors (Lipinski definition) is 1. The van der Waals surface area contributed by atoms with E-state index in [1.54, 1.807) is 0 Å². The zero-order valence-electron chi connectivity index (χ0n) is 10.2. The van der Waals surface area contributed by atoms with Crippen LogP contribution in [-0.4, -0.2) is 36.2 Å². The van der Waals surface area contributed by atoms with Crippen LogP contribution in [-0.2, 0) is 9.59 Å². The minimum absolute atomic E-state index is 0.00921. The van der Waals surface area contributed by atoms with Crippen LogP contribution in [0.4, 0.5) is 0 Å². The maximum atomic E-state index is 11.7. The second kappa shape index (κ2) is 5.99. The highest BCUT2D eigenvalue weighted by molar-refractivity contribution is 5.82. The Hall–Kier alpha value is -0.900. The molecule has 1 fully saturated rings. The largest absolute Gasteiger partial charge is 0.369 e. The first kappa shape index (κ1) is 13.2. The molecule has 0 aliphatic carbocycles. The lowest BCUT2D eigenvalue weighted by Crippen LogP contribution is -2.41. The number of hydrogen-bond acceptors (Lipinski definition) is 3. The van der Waals surface area contributed by atoms with Gasteiger partial charge in [0.05, 0.1) is 6.54 Å². The van der Waals surface area contributed by atoms with Crippen molar-refractivity contribution in [2.45, 2.75) is 33.1 Å². The van der Waals surface area contributed by atoms with E-state index in [2.05, 4.69) is 4.90 Å². The van der Waals surface area contributed by atoms with Crippen molar-refractivity contribution in [3.8, 4) is 0 Å². The topological polar surface area (TPSA) is 63.4 Å². The highest BCUT2D eigenvalue weighted by atomic mass is 16.1. The SMILES string of the molecule is CCC(C)C(=O)CN1CCC(C(N)=O)CC1. The average Bonchev–Trinajstić information content (AvgIpc) is 2.28. The Bertz CT molecular complexity index is 258. The van der Waals surface area contributed by atoms with E-state index in [1.165, 1.54) is 0 Å². The van der Waals surface area contributed by atoms with Gasteiger partial charge in [0.1, 0.15) is 5.78 Å². The maximum Gasteiger partial charge on any atom is 0.220 e. The quantitative estimate of drug-likeness (QED) is 0.754. The molecule has 1 saturated heterocycles. The Kier molecular flexibility index (Phi) is 4.93. The van der Waals surface area contributed by atoms with Crippen LogP contribution in [0.25, 0.3) is 0 Å². The molecule has 0 radical (unpaired) electrons. The van der Waals surface area contributed by atoms with Gasteiger partial charge in [0, 0.05) is 11.8 Å². The normalized spacial score (nSPS) is 20.6. The number of primary amides is 1. The number of carbonyl (C=O) groups excluding carboxylic acids is 2. The molecule has 0 spiro atoms. The molecule has 1 unspecified atom stereocenters. The van der Waals surface area contributed by atoms with E-state index < -0.39 is 0 Å². The van der Waals surface area contributed by atoms with Gasteiger partial charge in [0.2, 0.25) is 5.91 Å². The smallest absolute Gasteiger partial charge is 0.220 e. The van der Waals surface area contributed by atoms with Crippen molar-refractivity contribution in [1.82, 2.24) is 4.90 Å². The van der Waals surface area contributed by atoms with Crippen molar-refractivity contribution in [2.24, 2.45) is 17.6 Å². The van der Waals surface area contributed by atoms with Crippen molar-refractivity contribution in [1.29, 1.82) is 0 Å². The molecule has 1 heterocycles. The lowest BCUT2D eigenvalue weighted by molar-refractivity contribution is -0.125. The number of ketones is 1. The molecular formula is C12H22N2O2. The van der Waals surface area contributed by atoms with Crippen molar-refractivity contribution < 1.29 is 9.59 Å². The van der Waals surface area contributed by atoms with E-state index in [4.69, 9.17) is 5.73 Å². The van der Waals surface area contributed by atoms with Gasteiger partial charge in [-0.25, -0.2) is 0 Å². The van der Waals surface area contributed by atoms with Crippen LogP contribution < -0.4 is 5.73 Å². The van der Waals surface area contributed by atoms with E-state index in [-0.39, 0.29) is 17.7 Å². The van der Waals surface area contributed by atoms with E-state index in [0.29, 0.717) is 12.3 Å². The number of Topliss-reactive ketones (excluding diaryl/α,β-unsaturated/α-hetero) is 1. The molecule has 0 bridgehead atoms. The summed E-state index contributed by atoms with van der Waals surface area (Å²) in [6.07, 6.45) is 2.49. The Morgan fingerprint density at radius 2 is 1.94 bits per heavy atom. The molecule has 1 amide bonds. The maximum absolute atomic E-state index is 11.7. The van der Waals surface area contributed by atoms with Gasteiger partial charge in [-0.2, -0.15) is 0 Å². The lowest BCUT2D eigenvalue weighted by atomic mass is 9.95. The monoisotopic (exact) mass is 226 g/mol. The summed E-state index contributed by atoms with van der Waals surface area (Å²) >= 11 is 0. The molecule has 4 heteroatoms. The number of rotatable bonds is 5. The predicted molar refractivity (Wildman–Crippen MR) is 62.8 cm³/mol. The molecule has 16 heavy (non-hydrogen) atoms. The average molecular weight is 226 g/mol. The van der Waals surface area contributed by atoms with Crippen LogP contribution in [0.2, 0.25) is 0 Å². The van der Waals surface area contributed by atoms with Gasteiger partial charge >= 0.3 is 0 Å². The molecule has 0 aromatic carbocycles. The first-order valence-electron chi connectivity index (χ1n) is 6.09. The second-order valence-corrected chi connectivity index (χ2v) is 4.73. The van der Waals surface area contributed by atoms with Gasteiger partial charge in [-0.3, -0.25) is 14.5 Å². The Balaban J connectivity index is 2.32. The highest BCUT2D eigenvalue weighted by Gasteiger charge is 2.24. The van der Waals surface area contributed by atoms with Gasteiger partial charge in [-0.1, -0.05) is 13.8 Å². The zero-order chi connectivity index (χ0) is 12.1. The van der Waals surface area contributed by atoms with E-state index in [1.807, 2.05) is 13.8 Å². The van der Waals surface area contributed by atoms with Gasteiger partial charge < -0.3 is 5.73 Å². The number of nitrogens with zero attached hydrogens (tertiary/aromatic N) is 1. The van der Waals surface area contributed by atoms with Crippen LogP contribution in [0.5, 0.6) is 0 Å². The van der Waals surface area contributed by atoms with Crippen LogP contribution in [0.1, 0.15) is 33.1 Å². The Morgan fingerprint density at radius 3 is 2.38 bits per heavy atom. The standard InChI is InChI=1S/C12H22N2O2/c1-3-9(2)11(15)8-14-6-4-10(5-7-14)12(13)16/h9-10H,3-8H2,1-2H3,(H2,13,16). The second-order valence-electron chi connectivity index (χ2n) is 4.73. The molecule has 92 valence electrons. The van der Waals surface area contributed by atoms with Gasteiger partial charge in [0.25, 0.3) is 0 Å². The summed E-state index contributed by atoms with van der Waals surface area (Å²) in [6, 6.07) is 0. The fourth-order valence-corrected chi connectivity index (χ4v) is 1.98. The summed E-state index contributed by atoms with van der Waals surface area (Å²) in [5.74, 6) is 0.261. The third-order valence-corrected chi connectivity index (χ3v) is 3.53. The van der Waals surface area contributed by atoms with Crippen LogP contribution >= 0.6 is 0 Å². The van der Waals surface area contributed by atoms with E-state index in [0.717, 1.165) is 32.4 Å². The summed E-state index contributed by atoms with van der Waals surface area (Å²) in [4.78, 5) is 24.8. The lowest BCUT2D eigenvalue weighted by Gasteiger charge is -2.30.